The second-order valence-electron chi connectivity index (χ2n) is 5.53. The third-order valence-electron chi connectivity index (χ3n) is 3.44. The fraction of sp³-hybridized carbons (Fsp3) is 0.105. The summed E-state index contributed by atoms with van der Waals surface area (Å²) < 4.78 is 26.0. The lowest BCUT2D eigenvalue weighted by Gasteiger charge is -2.07. The van der Waals surface area contributed by atoms with Gasteiger partial charge in [0, 0.05) is 34.7 Å². The molecule has 0 heterocycles. The zero-order valence-electron chi connectivity index (χ0n) is 14.1. The summed E-state index contributed by atoms with van der Waals surface area (Å²) in [5, 5.41) is 4.93. The Hall–Kier alpha value is -3.35. The summed E-state index contributed by atoms with van der Waals surface area (Å²) in [6, 6.07) is 9.23. The molecule has 2 N–H and O–H groups in total. The SMILES string of the molecule is CC(=O)c1ccc(NC(=O)/C=C(\C)C(=O)Nc2ccc(F)c(F)c2)cc1. The largest absolute Gasteiger partial charge is 0.323 e. The Balaban J connectivity index is 2.00. The molecule has 134 valence electrons. The van der Waals surface area contributed by atoms with E-state index in [0.29, 0.717) is 11.3 Å². The van der Waals surface area contributed by atoms with E-state index in [4.69, 9.17) is 0 Å². The summed E-state index contributed by atoms with van der Waals surface area (Å²) in [6.07, 6.45) is 1.08. The van der Waals surface area contributed by atoms with E-state index in [0.717, 1.165) is 18.2 Å². The van der Waals surface area contributed by atoms with E-state index in [-0.39, 0.29) is 17.0 Å². The number of rotatable bonds is 5. The third kappa shape index (κ3) is 5.07. The molecule has 2 amide bonds. The van der Waals surface area contributed by atoms with E-state index < -0.39 is 23.4 Å². The molecule has 0 radical (unpaired) electrons. The van der Waals surface area contributed by atoms with Crippen LogP contribution in [0.4, 0.5) is 20.2 Å². The van der Waals surface area contributed by atoms with Crippen LogP contribution in [-0.2, 0) is 9.59 Å². The van der Waals surface area contributed by atoms with E-state index in [2.05, 4.69) is 10.6 Å². The number of hydrogen-bond donors (Lipinski definition) is 2. The highest BCUT2D eigenvalue weighted by atomic mass is 19.2. The number of amides is 2. The Morgan fingerprint density at radius 3 is 2.04 bits per heavy atom. The molecular weight excluding hydrogens is 342 g/mol. The normalized spacial score (nSPS) is 11.0. The molecule has 0 aliphatic carbocycles. The highest BCUT2D eigenvalue weighted by Crippen LogP contribution is 2.14. The van der Waals surface area contributed by atoms with Crippen LogP contribution in [0.5, 0.6) is 0 Å². The maximum atomic E-state index is 13.1. The molecule has 0 saturated carbocycles. The highest BCUT2D eigenvalue weighted by molar-refractivity contribution is 6.10. The number of Topliss-reactive ketones (excluding diaryl/α,β-unsaturated/α-hetero) is 1. The molecule has 7 heteroatoms. The van der Waals surface area contributed by atoms with Crippen molar-refractivity contribution in [2.75, 3.05) is 10.6 Å². The third-order valence-corrected chi connectivity index (χ3v) is 3.44. The number of carbonyl (C=O) groups excluding carboxylic acids is 3. The van der Waals surface area contributed by atoms with E-state index >= 15 is 0 Å². The molecule has 0 unspecified atom stereocenters. The van der Waals surface area contributed by atoms with Crippen molar-refractivity contribution in [3.8, 4) is 0 Å². The lowest BCUT2D eigenvalue weighted by atomic mass is 10.1. The first-order valence-electron chi connectivity index (χ1n) is 7.63. The minimum atomic E-state index is -1.09. The molecule has 0 aromatic heterocycles. The summed E-state index contributed by atoms with van der Waals surface area (Å²) in [5.74, 6) is -3.37. The minimum absolute atomic E-state index is 0.0712. The highest BCUT2D eigenvalue weighted by Gasteiger charge is 2.10. The minimum Gasteiger partial charge on any atom is -0.323 e. The second kappa shape index (κ2) is 8.15. The van der Waals surface area contributed by atoms with Gasteiger partial charge in [-0.25, -0.2) is 8.78 Å². The zero-order chi connectivity index (χ0) is 19.3. The van der Waals surface area contributed by atoms with Crippen molar-refractivity contribution in [2.24, 2.45) is 0 Å². The smallest absolute Gasteiger partial charge is 0.251 e. The molecule has 2 aromatic rings. The number of halogens is 2. The fourth-order valence-corrected chi connectivity index (χ4v) is 2.03. The molecule has 0 aliphatic rings. The summed E-state index contributed by atoms with van der Waals surface area (Å²) in [4.78, 5) is 35.2. The van der Waals surface area contributed by atoms with Crippen molar-refractivity contribution in [3.05, 3.63) is 71.3 Å². The molecule has 0 aliphatic heterocycles. The fourth-order valence-electron chi connectivity index (χ4n) is 2.03. The number of hydrogen-bond acceptors (Lipinski definition) is 3. The van der Waals surface area contributed by atoms with Crippen LogP contribution in [0.25, 0.3) is 0 Å². The zero-order valence-corrected chi connectivity index (χ0v) is 14.1. The summed E-state index contributed by atoms with van der Waals surface area (Å²) >= 11 is 0. The Labute approximate surface area is 148 Å². The van der Waals surface area contributed by atoms with E-state index in [1.165, 1.54) is 19.9 Å². The average Bonchev–Trinajstić information content (AvgIpc) is 2.58. The lowest BCUT2D eigenvalue weighted by Crippen LogP contribution is -2.16. The first-order valence-corrected chi connectivity index (χ1v) is 7.63. The van der Waals surface area contributed by atoms with Gasteiger partial charge in [-0.3, -0.25) is 14.4 Å². The monoisotopic (exact) mass is 358 g/mol. The Kier molecular flexibility index (Phi) is 5.95. The Morgan fingerprint density at radius 2 is 1.46 bits per heavy atom. The van der Waals surface area contributed by atoms with Crippen molar-refractivity contribution < 1.29 is 23.2 Å². The molecule has 0 atom stereocenters. The predicted octanol–water partition coefficient (Wildman–Crippen LogP) is 3.69. The van der Waals surface area contributed by atoms with Gasteiger partial charge in [-0.15, -0.1) is 0 Å². The summed E-state index contributed by atoms with van der Waals surface area (Å²) in [7, 11) is 0. The average molecular weight is 358 g/mol. The van der Waals surface area contributed by atoms with Crippen molar-refractivity contribution in [1.82, 2.24) is 0 Å². The predicted molar refractivity (Wildman–Crippen MR) is 93.8 cm³/mol. The van der Waals surface area contributed by atoms with Crippen molar-refractivity contribution in [2.45, 2.75) is 13.8 Å². The molecule has 0 bridgehead atoms. The van der Waals surface area contributed by atoms with E-state index in [1.807, 2.05) is 0 Å². The molecular formula is C19H16F2N2O3. The van der Waals surface area contributed by atoms with Crippen LogP contribution in [0.3, 0.4) is 0 Å². The van der Waals surface area contributed by atoms with Crippen LogP contribution in [0.1, 0.15) is 24.2 Å². The number of ketones is 1. The van der Waals surface area contributed by atoms with Gasteiger partial charge in [0.1, 0.15) is 0 Å². The quantitative estimate of drug-likeness (QED) is 0.632. The topological polar surface area (TPSA) is 75.3 Å². The maximum Gasteiger partial charge on any atom is 0.251 e. The first kappa shape index (κ1) is 19.0. The second-order valence-corrected chi connectivity index (χ2v) is 5.53. The molecule has 2 aromatic carbocycles. The standard InChI is InChI=1S/C19H16F2N2O3/c1-11(19(26)23-15-7-8-16(20)17(21)10-15)9-18(25)22-14-5-3-13(4-6-14)12(2)24/h3-10H,1-2H3,(H,22,25)(H,23,26)/b11-9+. The Morgan fingerprint density at radius 1 is 0.846 bits per heavy atom. The summed E-state index contributed by atoms with van der Waals surface area (Å²) in [6.45, 7) is 2.85. The molecule has 5 nitrogen and oxygen atoms in total. The molecule has 26 heavy (non-hydrogen) atoms. The molecule has 0 fully saturated rings. The van der Waals surface area contributed by atoms with Gasteiger partial charge in [0.05, 0.1) is 0 Å². The first-order chi connectivity index (χ1) is 12.3. The van der Waals surface area contributed by atoms with Gasteiger partial charge in [0.15, 0.2) is 17.4 Å². The van der Waals surface area contributed by atoms with Gasteiger partial charge in [0.25, 0.3) is 5.91 Å². The van der Waals surface area contributed by atoms with Gasteiger partial charge >= 0.3 is 0 Å². The van der Waals surface area contributed by atoms with Gasteiger partial charge in [-0.2, -0.15) is 0 Å². The van der Waals surface area contributed by atoms with E-state index in [1.54, 1.807) is 24.3 Å². The van der Waals surface area contributed by atoms with E-state index in [9.17, 15) is 23.2 Å². The van der Waals surface area contributed by atoms with Crippen LogP contribution < -0.4 is 10.6 Å². The summed E-state index contributed by atoms with van der Waals surface area (Å²) in [5.41, 5.74) is 1.13. The number of nitrogens with one attached hydrogen (secondary N) is 2. The van der Waals surface area contributed by atoms with Crippen LogP contribution in [0, 0.1) is 11.6 Å². The molecule has 0 spiro atoms. The van der Waals surface area contributed by atoms with Crippen LogP contribution in [0.2, 0.25) is 0 Å². The van der Waals surface area contributed by atoms with Crippen molar-refractivity contribution in [3.63, 3.8) is 0 Å². The molecule has 0 saturated heterocycles. The Bertz CT molecular complexity index is 890. The van der Waals surface area contributed by atoms with Gasteiger partial charge in [-0.05, 0) is 50.2 Å². The van der Waals surface area contributed by atoms with Crippen LogP contribution in [-0.4, -0.2) is 17.6 Å². The van der Waals surface area contributed by atoms with Crippen molar-refractivity contribution >= 4 is 29.0 Å². The van der Waals surface area contributed by atoms with Gasteiger partial charge < -0.3 is 10.6 Å². The number of carbonyl (C=O) groups is 3. The van der Waals surface area contributed by atoms with Crippen molar-refractivity contribution in [1.29, 1.82) is 0 Å². The van der Waals surface area contributed by atoms with Crippen LogP contribution in [0.15, 0.2) is 54.1 Å². The van der Waals surface area contributed by atoms with Gasteiger partial charge in [-0.1, -0.05) is 0 Å². The molecule has 2 rings (SSSR count). The van der Waals surface area contributed by atoms with Crippen LogP contribution >= 0.6 is 0 Å². The van der Waals surface area contributed by atoms with Gasteiger partial charge in [0.2, 0.25) is 5.91 Å². The number of anilines is 2. The lowest BCUT2D eigenvalue weighted by molar-refractivity contribution is -0.114. The maximum absolute atomic E-state index is 13.1. The number of benzene rings is 2.